The molecule has 1 unspecified atom stereocenters. The van der Waals surface area contributed by atoms with Gasteiger partial charge < -0.3 is 9.73 Å². The van der Waals surface area contributed by atoms with Gasteiger partial charge in [0.1, 0.15) is 11.5 Å². The molecule has 1 N–H and O–H groups in total. The number of rotatable bonds is 3. The molecule has 1 aromatic heterocycles. The van der Waals surface area contributed by atoms with Crippen molar-refractivity contribution in [1.82, 2.24) is 5.32 Å². The van der Waals surface area contributed by atoms with Crippen LogP contribution in [0.3, 0.4) is 0 Å². The fraction of sp³-hybridized carbons (Fsp3) is 0.286. The Labute approximate surface area is 123 Å². The second-order valence-electron chi connectivity index (χ2n) is 4.40. The quantitative estimate of drug-likeness (QED) is 0.872. The molecule has 0 spiro atoms. The maximum absolute atomic E-state index is 13.2. The van der Waals surface area contributed by atoms with Gasteiger partial charge in [-0.2, -0.15) is 13.2 Å². The number of halogens is 4. The highest BCUT2D eigenvalue weighted by molar-refractivity contribution is 9.10. The third kappa shape index (κ3) is 3.07. The molecule has 2 aromatic rings. The Morgan fingerprint density at radius 2 is 1.90 bits per heavy atom. The normalized spacial score (nSPS) is 13.5. The number of hydrogen-bond acceptors (Lipinski definition) is 2. The number of aryl methyl sites for hydroxylation is 1. The van der Waals surface area contributed by atoms with Crippen LogP contribution in [0, 0.1) is 6.92 Å². The van der Waals surface area contributed by atoms with Crippen molar-refractivity contribution < 1.29 is 17.6 Å². The van der Waals surface area contributed by atoms with Crippen LogP contribution < -0.4 is 5.32 Å². The second-order valence-corrected chi connectivity index (χ2v) is 5.32. The Morgan fingerprint density at radius 3 is 2.40 bits per heavy atom. The summed E-state index contributed by atoms with van der Waals surface area (Å²) in [5.41, 5.74) is -0.544. The zero-order valence-electron chi connectivity index (χ0n) is 10.9. The lowest BCUT2D eigenvalue weighted by Crippen LogP contribution is -2.21. The first kappa shape index (κ1) is 15.1. The molecule has 1 aromatic carbocycles. The third-order valence-corrected chi connectivity index (χ3v) is 3.46. The highest BCUT2D eigenvalue weighted by atomic mass is 79.9. The number of hydrogen-bond donors (Lipinski definition) is 1. The summed E-state index contributed by atoms with van der Waals surface area (Å²) in [5, 5.41) is 2.87. The molecule has 0 aliphatic rings. The van der Waals surface area contributed by atoms with Crippen molar-refractivity contribution in [3.05, 3.63) is 57.5 Å². The monoisotopic (exact) mass is 347 g/mol. The van der Waals surface area contributed by atoms with Gasteiger partial charge in [0.25, 0.3) is 0 Å². The van der Waals surface area contributed by atoms with Crippen LogP contribution in [0.5, 0.6) is 0 Å². The average Bonchev–Trinajstić information content (AvgIpc) is 2.77. The first-order chi connectivity index (χ1) is 9.32. The van der Waals surface area contributed by atoms with Crippen molar-refractivity contribution in [2.24, 2.45) is 0 Å². The number of benzene rings is 1. The topological polar surface area (TPSA) is 25.2 Å². The zero-order chi connectivity index (χ0) is 14.9. The van der Waals surface area contributed by atoms with Crippen molar-refractivity contribution in [1.29, 1.82) is 0 Å². The van der Waals surface area contributed by atoms with Crippen LogP contribution in [0.2, 0.25) is 0 Å². The highest BCUT2D eigenvalue weighted by Crippen LogP contribution is 2.38. The summed E-state index contributed by atoms with van der Waals surface area (Å²) in [7, 11) is 1.60. The van der Waals surface area contributed by atoms with Crippen molar-refractivity contribution in [2.75, 3.05) is 7.05 Å². The van der Waals surface area contributed by atoms with E-state index >= 15 is 0 Å². The number of nitrogens with one attached hydrogen (secondary N) is 1. The van der Waals surface area contributed by atoms with Crippen molar-refractivity contribution in [3.8, 4) is 0 Å². The first-order valence-corrected chi connectivity index (χ1v) is 6.72. The predicted molar refractivity (Wildman–Crippen MR) is 73.5 cm³/mol. The Bertz CT molecular complexity index is 607. The summed E-state index contributed by atoms with van der Waals surface area (Å²) in [6, 6.07) is 6.88. The summed E-state index contributed by atoms with van der Waals surface area (Å²) in [6.07, 6.45) is -4.42. The van der Waals surface area contributed by atoms with E-state index in [0.717, 1.165) is 6.07 Å². The summed E-state index contributed by atoms with van der Waals surface area (Å²) in [4.78, 5) is 0. The minimum atomic E-state index is -4.42. The predicted octanol–water partition coefficient (Wildman–Crippen LogP) is 4.68. The molecule has 0 bridgehead atoms. The van der Waals surface area contributed by atoms with E-state index in [0.29, 0.717) is 16.0 Å². The van der Waals surface area contributed by atoms with Gasteiger partial charge in [0.05, 0.1) is 11.6 Å². The van der Waals surface area contributed by atoms with Gasteiger partial charge in [-0.25, -0.2) is 0 Å². The standard InChI is InChI=1S/C14H13BrF3NO/c1-8-3-6-12(20-8)13(19-2)10-5-4-9(15)7-11(10)14(16,17)18/h3-7,13,19H,1-2H3. The van der Waals surface area contributed by atoms with Gasteiger partial charge in [-0.3, -0.25) is 0 Å². The molecule has 2 rings (SSSR count). The van der Waals surface area contributed by atoms with Crippen LogP contribution in [0.1, 0.15) is 28.7 Å². The number of furan rings is 1. The molecule has 0 fully saturated rings. The van der Waals surface area contributed by atoms with Crippen LogP contribution >= 0.6 is 15.9 Å². The van der Waals surface area contributed by atoms with E-state index < -0.39 is 17.8 Å². The largest absolute Gasteiger partial charge is 0.464 e. The second kappa shape index (κ2) is 5.61. The highest BCUT2D eigenvalue weighted by Gasteiger charge is 2.36. The van der Waals surface area contributed by atoms with Crippen LogP contribution in [-0.2, 0) is 6.18 Å². The van der Waals surface area contributed by atoms with Crippen LogP contribution in [0.25, 0.3) is 0 Å². The summed E-state index contributed by atoms with van der Waals surface area (Å²) >= 11 is 3.08. The van der Waals surface area contributed by atoms with E-state index in [2.05, 4.69) is 21.2 Å². The van der Waals surface area contributed by atoms with Gasteiger partial charge in [-0.15, -0.1) is 0 Å². The third-order valence-electron chi connectivity index (χ3n) is 2.97. The Morgan fingerprint density at radius 1 is 1.20 bits per heavy atom. The van der Waals surface area contributed by atoms with Crippen molar-refractivity contribution in [2.45, 2.75) is 19.1 Å². The fourth-order valence-electron chi connectivity index (χ4n) is 2.09. The molecule has 0 saturated heterocycles. The molecule has 20 heavy (non-hydrogen) atoms. The molecule has 1 heterocycles. The molecule has 108 valence electrons. The molecular formula is C14H13BrF3NO. The molecule has 0 aliphatic carbocycles. The van der Waals surface area contributed by atoms with Gasteiger partial charge in [0.15, 0.2) is 0 Å². The van der Waals surface area contributed by atoms with E-state index in [1.807, 2.05) is 0 Å². The molecular weight excluding hydrogens is 335 g/mol. The number of alkyl halides is 3. The van der Waals surface area contributed by atoms with E-state index in [-0.39, 0.29) is 5.56 Å². The van der Waals surface area contributed by atoms with E-state index in [9.17, 15) is 13.2 Å². The van der Waals surface area contributed by atoms with Gasteiger partial charge in [-0.1, -0.05) is 22.0 Å². The maximum Gasteiger partial charge on any atom is 0.416 e. The van der Waals surface area contributed by atoms with Gasteiger partial charge in [0.2, 0.25) is 0 Å². The molecule has 6 heteroatoms. The van der Waals surface area contributed by atoms with Crippen molar-refractivity contribution in [3.63, 3.8) is 0 Å². The molecule has 0 radical (unpaired) electrons. The summed E-state index contributed by atoms with van der Waals surface area (Å²) in [5.74, 6) is 1.11. The van der Waals surface area contributed by atoms with E-state index in [1.54, 1.807) is 32.2 Å². The maximum atomic E-state index is 13.2. The lowest BCUT2D eigenvalue weighted by molar-refractivity contribution is -0.138. The molecule has 2 nitrogen and oxygen atoms in total. The van der Waals surface area contributed by atoms with Crippen LogP contribution in [-0.4, -0.2) is 7.05 Å². The van der Waals surface area contributed by atoms with Gasteiger partial charge >= 0.3 is 6.18 Å². The minimum absolute atomic E-state index is 0.137. The molecule has 0 saturated carbocycles. The smallest absolute Gasteiger partial charge is 0.416 e. The van der Waals surface area contributed by atoms with Gasteiger partial charge in [0, 0.05) is 4.47 Å². The average molecular weight is 348 g/mol. The first-order valence-electron chi connectivity index (χ1n) is 5.93. The van der Waals surface area contributed by atoms with E-state index in [1.165, 1.54) is 6.07 Å². The molecule has 0 amide bonds. The van der Waals surface area contributed by atoms with Crippen molar-refractivity contribution >= 4 is 15.9 Å². The minimum Gasteiger partial charge on any atom is -0.464 e. The lowest BCUT2D eigenvalue weighted by Gasteiger charge is -2.20. The van der Waals surface area contributed by atoms with Gasteiger partial charge in [-0.05, 0) is 43.8 Å². The molecule has 0 aliphatic heterocycles. The van der Waals surface area contributed by atoms with Crippen LogP contribution in [0.15, 0.2) is 39.2 Å². The van der Waals surface area contributed by atoms with E-state index in [4.69, 9.17) is 4.42 Å². The SMILES string of the molecule is CNC(c1ccc(C)o1)c1ccc(Br)cc1C(F)(F)F. The Balaban J connectivity index is 2.55. The summed E-state index contributed by atoms with van der Waals surface area (Å²) < 4.78 is 45.3. The summed E-state index contributed by atoms with van der Waals surface area (Å²) in [6.45, 7) is 1.75. The Hall–Kier alpha value is -1.27. The lowest BCUT2D eigenvalue weighted by atomic mass is 9.98. The fourth-order valence-corrected chi connectivity index (χ4v) is 2.45. The van der Waals surface area contributed by atoms with Crippen LogP contribution in [0.4, 0.5) is 13.2 Å². The molecule has 1 atom stereocenters. The zero-order valence-corrected chi connectivity index (χ0v) is 12.5. The Kier molecular flexibility index (Phi) is 4.25.